The van der Waals surface area contributed by atoms with Gasteiger partial charge in [-0.1, -0.05) is 6.92 Å². The van der Waals surface area contributed by atoms with Gasteiger partial charge in [0.05, 0.1) is 11.5 Å². The molecule has 0 aromatic carbocycles. The molecule has 1 aromatic rings. The molecule has 9 nitrogen and oxygen atoms in total. The minimum Gasteiger partial charge on any atom is -0.480 e. The van der Waals surface area contributed by atoms with Gasteiger partial charge in [0, 0.05) is 12.7 Å². The first kappa shape index (κ1) is 17.3. The number of carbonyl (C=O) groups excluding carboxylic acids is 1. The van der Waals surface area contributed by atoms with Crippen LogP contribution in [-0.4, -0.2) is 46.6 Å². The Morgan fingerprint density at radius 1 is 1.45 bits per heavy atom. The largest absolute Gasteiger partial charge is 0.480 e. The second-order valence-corrected chi connectivity index (χ2v) is 4.32. The van der Waals surface area contributed by atoms with Crippen LogP contribution >= 0.6 is 0 Å². The lowest BCUT2D eigenvalue weighted by Gasteiger charge is -2.21. The third-order valence-electron chi connectivity index (χ3n) is 2.70. The second kappa shape index (κ2) is 7.91. The van der Waals surface area contributed by atoms with Crippen molar-refractivity contribution in [3.8, 4) is 0 Å². The maximum Gasteiger partial charge on any atom is 0.345 e. The van der Waals surface area contributed by atoms with Crippen LogP contribution in [0.1, 0.15) is 30.6 Å². The number of nitrogens with zero attached hydrogens (tertiary/aromatic N) is 3. The molecule has 0 amide bonds. The first-order chi connectivity index (χ1) is 10.4. The molecule has 1 N–H and O–H groups in total. The Morgan fingerprint density at radius 2 is 2.14 bits per heavy atom. The molecule has 0 atom stereocenters. The summed E-state index contributed by atoms with van der Waals surface area (Å²) in [6.45, 7) is 3.26. The second-order valence-electron chi connectivity index (χ2n) is 4.32. The van der Waals surface area contributed by atoms with Crippen LogP contribution in [0.2, 0.25) is 0 Å². The van der Waals surface area contributed by atoms with Gasteiger partial charge in [0.1, 0.15) is 12.1 Å². The van der Waals surface area contributed by atoms with Crippen LogP contribution in [0.15, 0.2) is 12.3 Å². The number of esters is 1. The topological polar surface area (TPSA) is 123 Å². The fraction of sp³-hybridized carbons (Fsp3) is 0.462. The molecule has 0 bridgehead atoms. The fourth-order valence-corrected chi connectivity index (χ4v) is 1.92. The first-order valence-electron chi connectivity index (χ1n) is 6.69. The third kappa shape index (κ3) is 4.14. The van der Waals surface area contributed by atoms with Crippen molar-refractivity contribution in [1.29, 1.82) is 0 Å². The van der Waals surface area contributed by atoms with E-state index in [2.05, 4.69) is 4.98 Å². The van der Waals surface area contributed by atoms with Gasteiger partial charge in [-0.05, 0) is 19.4 Å². The van der Waals surface area contributed by atoms with Crippen molar-refractivity contribution in [2.45, 2.75) is 20.3 Å². The lowest BCUT2D eigenvalue weighted by atomic mass is 10.2. The van der Waals surface area contributed by atoms with Crippen LogP contribution in [0.3, 0.4) is 0 Å². The quantitative estimate of drug-likeness (QED) is 0.435. The highest BCUT2D eigenvalue weighted by Gasteiger charge is 2.30. The van der Waals surface area contributed by atoms with E-state index >= 15 is 0 Å². The standard InChI is InChI=1S/C13H17N3O6/c1-3-7-15(8-10(17)18)12-11(16(20)21)9(5-6-14-12)13(19)22-4-2/h5-6H,3-4,7-8H2,1-2H3,(H,17,18). The molecule has 9 heteroatoms. The number of pyridine rings is 1. The van der Waals surface area contributed by atoms with Gasteiger partial charge in [0.25, 0.3) is 0 Å². The van der Waals surface area contributed by atoms with Crippen LogP contribution < -0.4 is 4.90 Å². The Kier molecular flexibility index (Phi) is 6.24. The van der Waals surface area contributed by atoms with E-state index in [4.69, 9.17) is 9.84 Å². The molecule has 0 aliphatic heterocycles. The van der Waals surface area contributed by atoms with Gasteiger partial charge in [-0.15, -0.1) is 0 Å². The van der Waals surface area contributed by atoms with Gasteiger partial charge < -0.3 is 14.7 Å². The van der Waals surface area contributed by atoms with Crippen molar-refractivity contribution in [3.05, 3.63) is 27.9 Å². The lowest BCUT2D eigenvalue weighted by Crippen LogP contribution is -2.32. The van der Waals surface area contributed by atoms with Crippen LogP contribution in [0.25, 0.3) is 0 Å². The number of carboxylic acids is 1. The number of nitro groups is 1. The molecule has 0 aliphatic carbocycles. The Balaban J connectivity index is 3.38. The molecular weight excluding hydrogens is 294 g/mol. The maximum absolute atomic E-state index is 11.8. The van der Waals surface area contributed by atoms with Crippen LogP contribution in [0.4, 0.5) is 11.5 Å². The van der Waals surface area contributed by atoms with Crippen LogP contribution in [0.5, 0.6) is 0 Å². The predicted octanol–water partition coefficient (Wildman–Crippen LogP) is 1.47. The molecule has 0 spiro atoms. The number of aromatic nitrogens is 1. The zero-order valence-electron chi connectivity index (χ0n) is 12.3. The summed E-state index contributed by atoms with van der Waals surface area (Å²) < 4.78 is 4.79. The average Bonchev–Trinajstić information content (AvgIpc) is 2.45. The summed E-state index contributed by atoms with van der Waals surface area (Å²) in [5, 5.41) is 20.3. The molecule has 1 aromatic heterocycles. The highest BCUT2D eigenvalue weighted by Crippen LogP contribution is 2.30. The van der Waals surface area contributed by atoms with E-state index in [0.717, 1.165) is 0 Å². The number of anilines is 1. The normalized spacial score (nSPS) is 10.1. The van der Waals surface area contributed by atoms with Gasteiger partial charge in [-0.25, -0.2) is 9.78 Å². The number of aliphatic carboxylic acids is 1. The summed E-state index contributed by atoms with van der Waals surface area (Å²) in [5.41, 5.74) is -0.793. The molecule has 0 radical (unpaired) electrons. The molecule has 0 saturated carbocycles. The van der Waals surface area contributed by atoms with Crippen molar-refractivity contribution >= 4 is 23.4 Å². The first-order valence-corrected chi connectivity index (χ1v) is 6.69. The maximum atomic E-state index is 11.8. The Labute approximate surface area is 126 Å². The third-order valence-corrected chi connectivity index (χ3v) is 2.70. The van der Waals surface area contributed by atoms with Crippen molar-refractivity contribution in [2.75, 3.05) is 24.6 Å². The summed E-state index contributed by atoms with van der Waals surface area (Å²) in [7, 11) is 0. The van der Waals surface area contributed by atoms with E-state index in [0.29, 0.717) is 6.42 Å². The molecule has 0 aliphatic rings. The Hall–Kier alpha value is -2.71. The van der Waals surface area contributed by atoms with Crippen molar-refractivity contribution in [3.63, 3.8) is 0 Å². The van der Waals surface area contributed by atoms with Gasteiger partial charge in [0.2, 0.25) is 5.82 Å². The molecule has 1 heterocycles. The molecule has 0 unspecified atom stereocenters. The van der Waals surface area contributed by atoms with Gasteiger partial charge >= 0.3 is 17.6 Å². The fourth-order valence-electron chi connectivity index (χ4n) is 1.92. The Morgan fingerprint density at radius 3 is 2.64 bits per heavy atom. The summed E-state index contributed by atoms with van der Waals surface area (Å²) >= 11 is 0. The summed E-state index contributed by atoms with van der Waals surface area (Å²) in [4.78, 5) is 38.5. The molecule has 22 heavy (non-hydrogen) atoms. The van der Waals surface area contributed by atoms with Crippen LogP contribution in [0, 0.1) is 10.1 Å². The van der Waals surface area contributed by atoms with E-state index in [1.165, 1.54) is 17.2 Å². The monoisotopic (exact) mass is 311 g/mol. The predicted molar refractivity (Wildman–Crippen MR) is 77.0 cm³/mol. The molecular formula is C13H17N3O6. The molecule has 0 saturated heterocycles. The number of carbonyl (C=O) groups is 2. The van der Waals surface area contributed by atoms with Gasteiger partial charge in [-0.2, -0.15) is 0 Å². The van der Waals surface area contributed by atoms with E-state index in [1.54, 1.807) is 13.8 Å². The van der Waals surface area contributed by atoms with Crippen molar-refractivity contribution < 1.29 is 24.4 Å². The molecule has 120 valence electrons. The zero-order chi connectivity index (χ0) is 16.7. The van der Waals surface area contributed by atoms with Gasteiger partial charge in [0.15, 0.2) is 0 Å². The molecule has 0 fully saturated rings. The van der Waals surface area contributed by atoms with Gasteiger partial charge in [-0.3, -0.25) is 14.9 Å². The van der Waals surface area contributed by atoms with E-state index < -0.39 is 29.1 Å². The smallest absolute Gasteiger partial charge is 0.345 e. The summed E-state index contributed by atoms with van der Waals surface area (Å²) in [6, 6.07) is 1.19. The summed E-state index contributed by atoms with van der Waals surface area (Å²) in [6.07, 6.45) is 1.79. The SMILES string of the molecule is CCCN(CC(=O)O)c1nccc(C(=O)OCC)c1[N+](=O)[O-]. The summed E-state index contributed by atoms with van der Waals surface area (Å²) in [5.74, 6) is -2.14. The van der Waals surface area contributed by atoms with E-state index in [-0.39, 0.29) is 24.5 Å². The van der Waals surface area contributed by atoms with Crippen LogP contribution in [-0.2, 0) is 9.53 Å². The zero-order valence-corrected chi connectivity index (χ0v) is 12.3. The average molecular weight is 311 g/mol. The Bertz CT molecular complexity index is 575. The number of rotatable bonds is 8. The number of carboxylic acid groups (broad SMARTS) is 1. The number of hydrogen-bond donors (Lipinski definition) is 1. The number of ether oxygens (including phenoxy) is 1. The lowest BCUT2D eigenvalue weighted by molar-refractivity contribution is -0.384. The minimum absolute atomic E-state index is 0.0709. The minimum atomic E-state index is -1.15. The highest BCUT2D eigenvalue weighted by molar-refractivity contribution is 5.96. The van der Waals surface area contributed by atoms with Crippen molar-refractivity contribution in [1.82, 2.24) is 4.98 Å². The molecule has 1 rings (SSSR count). The van der Waals surface area contributed by atoms with E-state index in [1.807, 2.05) is 0 Å². The van der Waals surface area contributed by atoms with E-state index in [9.17, 15) is 19.7 Å². The van der Waals surface area contributed by atoms with Crippen molar-refractivity contribution in [2.24, 2.45) is 0 Å². The highest BCUT2D eigenvalue weighted by atomic mass is 16.6. The number of hydrogen-bond acceptors (Lipinski definition) is 7.